The molecular formula is C26H28F4N4O6S2. The third kappa shape index (κ3) is 8.53. The molecule has 0 bridgehead atoms. The topological polar surface area (TPSA) is 144 Å². The Kier molecular flexibility index (Phi) is 9.91. The number of halogens is 4. The molecular weight excluding hydrogens is 604 g/mol. The van der Waals surface area contributed by atoms with Crippen molar-refractivity contribution >= 4 is 38.1 Å². The molecule has 5 rings (SSSR count). The Morgan fingerprint density at radius 1 is 1.21 bits per heavy atom. The molecule has 4 N–H and O–H groups in total. The van der Waals surface area contributed by atoms with Crippen LogP contribution in [0, 0.1) is 0 Å². The zero-order valence-electron chi connectivity index (χ0n) is 22.1. The standard InChI is InChI=1S/C24H27FN4O4S2.C2HF3O2/c25-18-5-8-29(9-6-18)10-12-32-19-3-1-16(2-4-19)22-15-34-24(28-22)27-21-14-20(35(26,30)31)13-17-7-11-33-23(17)21;3-2(4,5)1(6)7/h1-4,13-15,18H,5-12H2,(H,27,28)(H2,26,30,31);(H,6,7). The van der Waals surface area contributed by atoms with Crippen LogP contribution in [0.5, 0.6) is 11.5 Å². The predicted molar refractivity (Wildman–Crippen MR) is 148 cm³/mol. The molecule has 42 heavy (non-hydrogen) atoms. The van der Waals surface area contributed by atoms with Gasteiger partial charge in [-0.1, -0.05) is 0 Å². The van der Waals surface area contributed by atoms with Gasteiger partial charge < -0.3 is 19.9 Å². The first-order valence-electron chi connectivity index (χ1n) is 12.7. The molecule has 0 amide bonds. The highest BCUT2D eigenvalue weighted by molar-refractivity contribution is 7.89. The van der Waals surface area contributed by atoms with Crippen molar-refractivity contribution in [2.75, 3.05) is 38.2 Å². The second-order valence-electron chi connectivity index (χ2n) is 9.46. The molecule has 0 radical (unpaired) electrons. The second kappa shape index (κ2) is 13.2. The van der Waals surface area contributed by atoms with E-state index in [4.69, 9.17) is 24.5 Å². The minimum atomic E-state index is -5.08. The lowest BCUT2D eigenvalue weighted by Gasteiger charge is -2.28. The molecule has 0 aliphatic carbocycles. The number of carboxylic acid groups (broad SMARTS) is 1. The van der Waals surface area contributed by atoms with Crippen LogP contribution in [-0.2, 0) is 21.2 Å². The minimum absolute atomic E-state index is 0.0449. The van der Waals surface area contributed by atoms with Gasteiger partial charge >= 0.3 is 12.1 Å². The number of nitrogens with zero attached hydrogens (tertiary/aromatic N) is 2. The van der Waals surface area contributed by atoms with Crippen molar-refractivity contribution in [1.82, 2.24) is 9.88 Å². The van der Waals surface area contributed by atoms with E-state index in [0.717, 1.165) is 42.2 Å². The van der Waals surface area contributed by atoms with Crippen molar-refractivity contribution in [2.24, 2.45) is 5.14 Å². The number of aromatic nitrogens is 1. The highest BCUT2D eigenvalue weighted by atomic mass is 32.2. The zero-order chi connectivity index (χ0) is 30.5. The van der Waals surface area contributed by atoms with Crippen molar-refractivity contribution in [1.29, 1.82) is 0 Å². The maximum atomic E-state index is 13.2. The summed E-state index contributed by atoms with van der Waals surface area (Å²) in [5.41, 5.74) is 3.06. The lowest BCUT2D eigenvalue weighted by Crippen LogP contribution is -2.37. The number of carbonyl (C=O) groups is 1. The number of carboxylic acids is 1. The van der Waals surface area contributed by atoms with Gasteiger partial charge in [0.25, 0.3) is 0 Å². The third-order valence-corrected chi connectivity index (χ3v) is 8.07. The fraction of sp³-hybridized carbons (Fsp3) is 0.385. The molecule has 1 fully saturated rings. The summed E-state index contributed by atoms with van der Waals surface area (Å²) in [5.74, 6) is -1.35. The number of hydrogen-bond donors (Lipinski definition) is 3. The highest BCUT2D eigenvalue weighted by Gasteiger charge is 2.38. The van der Waals surface area contributed by atoms with E-state index in [2.05, 4.69) is 15.2 Å². The molecule has 16 heteroatoms. The molecule has 1 aromatic heterocycles. The van der Waals surface area contributed by atoms with E-state index in [1.165, 1.54) is 17.4 Å². The molecule has 0 spiro atoms. The van der Waals surface area contributed by atoms with Crippen LogP contribution in [0.1, 0.15) is 18.4 Å². The number of sulfonamides is 1. The number of nitrogens with one attached hydrogen (secondary N) is 1. The van der Waals surface area contributed by atoms with Gasteiger partial charge in [0.1, 0.15) is 24.3 Å². The Labute approximate surface area is 243 Å². The fourth-order valence-electron chi connectivity index (χ4n) is 4.25. The van der Waals surface area contributed by atoms with E-state index < -0.39 is 28.3 Å². The van der Waals surface area contributed by atoms with Gasteiger partial charge in [-0.2, -0.15) is 13.2 Å². The zero-order valence-corrected chi connectivity index (χ0v) is 23.7. The van der Waals surface area contributed by atoms with Crippen LogP contribution in [0.15, 0.2) is 46.7 Å². The largest absolute Gasteiger partial charge is 0.492 e. The molecule has 2 aromatic carbocycles. The van der Waals surface area contributed by atoms with E-state index in [1.54, 1.807) is 6.07 Å². The van der Waals surface area contributed by atoms with E-state index in [-0.39, 0.29) is 4.90 Å². The number of ether oxygens (including phenoxy) is 2. The quantitative estimate of drug-likeness (QED) is 0.304. The number of primary sulfonamides is 1. The molecule has 0 saturated carbocycles. The van der Waals surface area contributed by atoms with Crippen LogP contribution in [0.3, 0.4) is 0 Å². The van der Waals surface area contributed by atoms with Gasteiger partial charge in [0.05, 0.1) is 22.9 Å². The molecule has 1 saturated heterocycles. The Hall–Kier alpha value is -3.47. The van der Waals surface area contributed by atoms with Crippen molar-refractivity contribution in [3.8, 4) is 22.8 Å². The van der Waals surface area contributed by atoms with Crippen LogP contribution in [-0.4, -0.2) is 74.6 Å². The lowest BCUT2D eigenvalue weighted by molar-refractivity contribution is -0.192. The molecule has 10 nitrogen and oxygen atoms in total. The first kappa shape index (κ1) is 31.5. The number of benzene rings is 2. The number of hydrogen-bond acceptors (Lipinski definition) is 9. The predicted octanol–water partition coefficient (Wildman–Crippen LogP) is 4.58. The van der Waals surface area contributed by atoms with E-state index in [0.29, 0.717) is 49.0 Å². The normalized spacial score (nSPS) is 15.7. The Morgan fingerprint density at radius 3 is 2.50 bits per heavy atom. The number of nitrogens with two attached hydrogens (primary N) is 1. The van der Waals surface area contributed by atoms with Crippen molar-refractivity contribution in [3.63, 3.8) is 0 Å². The molecule has 3 aromatic rings. The number of fused-ring (bicyclic) bond motifs is 1. The summed E-state index contributed by atoms with van der Waals surface area (Å²) in [4.78, 5) is 15.8. The first-order chi connectivity index (χ1) is 19.8. The van der Waals surface area contributed by atoms with Crippen molar-refractivity contribution < 1.29 is 45.4 Å². The van der Waals surface area contributed by atoms with Crippen molar-refractivity contribution in [3.05, 3.63) is 47.3 Å². The average molecular weight is 633 g/mol. The number of aliphatic carboxylic acids is 1. The fourth-order valence-corrected chi connectivity index (χ4v) is 5.58. The van der Waals surface area contributed by atoms with E-state index in [9.17, 15) is 26.0 Å². The van der Waals surface area contributed by atoms with Crippen LogP contribution in [0.2, 0.25) is 0 Å². The summed E-state index contributed by atoms with van der Waals surface area (Å²) in [7, 11) is -3.84. The highest BCUT2D eigenvalue weighted by Crippen LogP contribution is 2.39. The molecule has 2 aliphatic heterocycles. The molecule has 228 valence electrons. The number of likely N-dealkylation sites (tertiary alicyclic amines) is 1. The maximum absolute atomic E-state index is 13.2. The van der Waals surface area contributed by atoms with E-state index >= 15 is 0 Å². The van der Waals surface area contributed by atoms with Gasteiger partial charge in [-0.25, -0.2) is 27.7 Å². The van der Waals surface area contributed by atoms with Gasteiger partial charge in [-0.05, 0) is 49.2 Å². The van der Waals surface area contributed by atoms with Gasteiger partial charge in [-0.3, -0.25) is 4.90 Å². The molecule has 2 aliphatic rings. The lowest BCUT2D eigenvalue weighted by atomic mass is 10.1. The summed E-state index contributed by atoms with van der Waals surface area (Å²) in [6, 6.07) is 10.8. The number of thiazole rings is 1. The van der Waals surface area contributed by atoms with Crippen molar-refractivity contribution in [2.45, 2.75) is 36.5 Å². The van der Waals surface area contributed by atoms with Gasteiger partial charge in [0, 0.05) is 42.6 Å². The number of rotatable bonds is 8. The first-order valence-corrected chi connectivity index (χ1v) is 15.2. The summed E-state index contributed by atoms with van der Waals surface area (Å²) >= 11 is 1.41. The van der Waals surface area contributed by atoms with E-state index in [1.807, 2.05) is 29.6 Å². The molecule has 3 heterocycles. The van der Waals surface area contributed by atoms with Crippen LogP contribution in [0.4, 0.5) is 28.4 Å². The minimum Gasteiger partial charge on any atom is -0.492 e. The smallest absolute Gasteiger partial charge is 0.490 e. The molecule has 0 unspecified atom stereocenters. The summed E-state index contributed by atoms with van der Waals surface area (Å²) < 4.78 is 80.3. The second-order valence-corrected chi connectivity index (χ2v) is 11.9. The average Bonchev–Trinajstić information content (AvgIpc) is 3.60. The number of alkyl halides is 4. The summed E-state index contributed by atoms with van der Waals surface area (Å²) in [6.07, 6.45) is -3.91. The number of anilines is 2. The Balaban J connectivity index is 0.000000517. The monoisotopic (exact) mass is 632 g/mol. The van der Waals surface area contributed by atoms with Crippen LogP contribution in [0.25, 0.3) is 11.3 Å². The van der Waals surface area contributed by atoms with Gasteiger partial charge in [0.15, 0.2) is 5.13 Å². The summed E-state index contributed by atoms with van der Waals surface area (Å²) in [5, 5.41) is 18.2. The number of piperidine rings is 1. The third-order valence-electron chi connectivity index (χ3n) is 6.42. The summed E-state index contributed by atoms with van der Waals surface area (Å²) in [6.45, 7) is 3.41. The van der Waals surface area contributed by atoms with Gasteiger partial charge in [0.2, 0.25) is 10.0 Å². The Morgan fingerprint density at radius 2 is 1.88 bits per heavy atom. The molecule has 0 atom stereocenters. The van der Waals surface area contributed by atoms with Crippen LogP contribution < -0.4 is 19.9 Å². The SMILES string of the molecule is NS(=O)(=O)c1cc2c(c(Nc3nc(-c4ccc(OCCN5CCC(F)CC5)cc4)cs3)c1)OCC2.O=C(O)C(F)(F)F. The van der Waals surface area contributed by atoms with Crippen LogP contribution >= 0.6 is 11.3 Å². The van der Waals surface area contributed by atoms with Gasteiger partial charge in [-0.15, -0.1) is 11.3 Å². The Bertz CT molecular complexity index is 1490. The maximum Gasteiger partial charge on any atom is 0.490 e.